The van der Waals surface area contributed by atoms with Crippen LogP contribution in [-0.2, 0) is 6.18 Å². The number of alkyl halides is 9. The van der Waals surface area contributed by atoms with Crippen LogP contribution < -0.4 is 0 Å². The van der Waals surface area contributed by atoms with Gasteiger partial charge in [-0.3, -0.25) is 0 Å². The van der Waals surface area contributed by atoms with E-state index in [-0.39, 0.29) is 12.1 Å². The average molecular weight is 340 g/mol. The molecule has 1 aromatic carbocycles. The summed E-state index contributed by atoms with van der Waals surface area (Å²) in [6, 6.07) is -0.329. The van der Waals surface area contributed by atoms with E-state index in [0.29, 0.717) is 0 Å². The topological polar surface area (TPSA) is 37.3 Å². The molecular weight excluding hydrogens is 335 g/mol. The largest absolute Gasteiger partial charge is 0.478 e. The van der Waals surface area contributed by atoms with Gasteiger partial charge in [0.2, 0.25) is 0 Å². The third-order valence-electron chi connectivity index (χ3n) is 2.57. The number of hydrogen-bond acceptors (Lipinski definition) is 1. The molecule has 0 spiro atoms. The number of aromatic carboxylic acids is 1. The van der Waals surface area contributed by atoms with E-state index in [9.17, 15) is 44.3 Å². The van der Waals surface area contributed by atoms with Crippen LogP contribution in [0.2, 0.25) is 0 Å². The first-order valence-corrected chi connectivity index (χ1v) is 5.23. The molecule has 0 bridgehead atoms. The molecule has 0 saturated heterocycles. The molecule has 0 aromatic heterocycles. The molecule has 0 aliphatic carbocycles. The van der Waals surface area contributed by atoms with E-state index < -0.39 is 53.2 Å². The van der Waals surface area contributed by atoms with E-state index in [1.165, 1.54) is 0 Å². The Balaban J connectivity index is 3.59. The highest BCUT2D eigenvalue weighted by Gasteiger charge is 2.57. The number of hydrogen-bond donors (Lipinski definition) is 1. The van der Waals surface area contributed by atoms with Crippen molar-refractivity contribution in [2.45, 2.75) is 24.4 Å². The Hall–Kier alpha value is -1.94. The van der Waals surface area contributed by atoms with Crippen LogP contribution in [0.3, 0.4) is 0 Å². The molecule has 0 aliphatic heterocycles. The van der Waals surface area contributed by atoms with Crippen molar-refractivity contribution >= 4 is 5.97 Å². The molecule has 22 heavy (non-hydrogen) atoms. The fraction of sp³-hybridized carbons (Fsp3) is 0.364. The lowest BCUT2D eigenvalue weighted by Crippen LogP contribution is -2.34. The second-order valence-electron chi connectivity index (χ2n) is 4.12. The van der Waals surface area contributed by atoms with Gasteiger partial charge in [-0.1, -0.05) is 6.07 Å². The third-order valence-corrected chi connectivity index (χ3v) is 2.57. The fourth-order valence-corrected chi connectivity index (χ4v) is 1.73. The van der Waals surface area contributed by atoms with Crippen LogP contribution >= 0.6 is 0 Å². The number of carbonyl (C=O) groups is 1. The molecule has 124 valence electrons. The maximum Gasteiger partial charge on any atom is 0.417 e. The minimum Gasteiger partial charge on any atom is -0.478 e. The van der Waals surface area contributed by atoms with E-state index in [1.807, 2.05) is 0 Å². The Morgan fingerprint density at radius 1 is 0.909 bits per heavy atom. The summed E-state index contributed by atoms with van der Waals surface area (Å²) in [5.74, 6) is -6.28. The van der Waals surface area contributed by atoms with Crippen LogP contribution in [0, 0.1) is 0 Å². The molecule has 11 heteroatoms. The summed E-state index contributed by atoms with van der Waals surface area (Å²) >= 11 is 0. The van der Waals surface area contributed by atoms with Gasteiger partial charge in [0.05, 0.1) is 11.1 Å². The summed E-state index contributed by atoms with van der Waals surface area (Å²) in [5, 5.41) is 8.53. The lowest BCUT2D eigenvalue weighted by Gasteiger charge is -2.24. The summed E-state index contributed by atoms with van der Waals surface area (Å²) in [5.41, 5.74) is -5.27. The SMILES string of the molecule is O=C(O)c1ccc(C(C(F)(F)F)C(F)(F)F)cc1C(F)(F)F. The zero-order valence-corrected chi connectivity index (χ0v) is 10.1. The lowest BCUT2D eigenvalue weighted by atomic mass is 9.93. The number of halogens is 9. The van der Waals surface area contributed by atoms with Crippen molar-refractivity contribution in [1.29, 1.82) is 0 Å². The van der Waals surface area contributed by atoms with Gasteiger partial charge in [-0.2, -0.15) is 39.5 Å². The van der Waals surface area contributed by atoms with Crippen molar-refractivity contribution in [2.75, 3.05) is 0 Å². The standard InChI is InChI=1S/C11H5F9O2/c12-9(13,14)6-3-4(1-2-5(6)8(21)22)7(10(15,16)17)11(18,19)20/h1-3,7H,(H,21,22). The Morgan fingerprint density at radius 3 is 1.68 bits per heavy atom. The Kier molecular flexibility index (Phi) is 4.41. The van der Waals surface area contributed by atoms with Gasteiger partial charge >= 0.3 is 24.5 Å². The van der Waals surface area contributed by atoms with Crippen LogP contribution in [0.25, 0.3) is 0 Å². The van der Waals surface area contributed by atoms with Gasteiger partial charge in [0.1, 0.15) is 0 Å². The molecule has 0 saturated carbocycles. The monoisotopic (exact) mass is 340 g/mol. The van der Waals surface area contributed by atoms with Gasteiger partial charge in [-0.25, -0.2) is 4.79 Å². The molecule has 0 aliphatic rings. The second kappa shape index (κ2) is 5.36. The highest BCUT2D eigenvalue weighted by molar-refractivity contribution is 5.89. The maximum atomic E-state index is 12.6. The van der Waals surface area contributed by atoms with Gasteiger partial charge in [-0.15, -0.1) is 0 Å². The van der Waals surface area contributed by atoms with Crippen molar-refractivity contribution < 1.29 is 49.4 Å². The van der Waals surface area contributed by atoms with Crippen LogP contribution in [0.4, 0.5) is 39.5 Å². The summed E-state index contributed by atoms with van der Waals surface area (Å²) in [7, 11) is 0. The van der Waals surface area contributed by atoms with Crippen molar-refractivity contribution in [3.8, 4) is 0 Å². The van der Waals surface area contributed by atoms with Gasteiger partial charge in [-0.05, 0) is 17.7 Å². The molecule has 1 rings (SSSR count). The lowest BCUT2D eigenvalue weighted by molar-refractivity contribution is -0.253. The van der Waals surface area contributed by atoms with Gasteiger partial charge in [0.25, 0.3) is 0 Å². The zero-order valence-electron chi connectivity index (χ0n) is 10.1. The quantitative estimate of drug-likeness (QED) is 0.798. The average Bonchev–Trinajstić information content (AvgIpc) is 2.23. The van der Waals surface area contributed by atoms with E-state index in [0.717, 1.165) is 0 Å². The first kappa shape index (κ1) is 18.1. The van der Waals surface area contributed by atoms with E-state index >= 15 is 0 Å². The third kappa shape index (κ3) is 3.83. The first-order chi connectivity index (χ1) is 9.65. The number of rotatable bonds is 2. The maximum absolute atomic E-state index is 12.6. The number of benzene rings is 1. The smallest absolute Gasteiger partial charge is 0.417 e. The fourth-order valence-electron chi connectivity index (χ4n) is 1.73. The molecule has 0 fully saturated rings. The van der Waals surface area contributed by atoms with Gasteiger partial charge in [0, 0.05) is 0 Å². The zero-order chi connectivity index (χ0) is 17.5. The molecule has 0 amide bonds. The van der Waals surface area contributed by atoms with Gasteiger partial charge < -0.3 is 5.11 Å². The molecule has 0 heterocycles. The van der Waals surface area contributed by atoms with E-state index in [2.05, 4.69) is 0 Å². The minimum absolute atomic E-state index is 0.0599. The highest BCUT2D eigenvalue weighted by Crippen LogP contribution is 2.47. The Labute approximate surface area is 116 Å². The molecular formula is C11H5F9O2. The van der Waals surface area contributed by atoms with Crippen molar-refractivity contribution in [3.63, 3.8) is 0 Å². The van der Waals surface area contributed by atoms with Gasteiger partial charge in [0.15, 0.2) is 5.92 Å². The van der Waals surface area contributed by atoms with Crippen molar-refractivity contribution in [2.24, 2.45) is 0 Å². The highest BCUT2D eigenvalue weighted by atomic mass is 19.4. The van der Waals surface area contributed by atoms with E-state index in [4.69, 9.17) is 5.11 Å². The van der Waals surface area contributed by atoms with Crippen LogP contribution in [-0.4, -0.2) is 23.4 Å². The first-order valence-electron chi connectivity index (χ1n) is 5.23. The Bertz CT molecular complexity index is 554. The second-order valence-corrected chi connectivity index (χ2v) is 4.12. The summed E-state index contributed by atoms with van der Waals surface area (Å²) < 4.78 is 113. The summed E-state index contributed by atoms with van der Waals surface area (Å²) in [4.78, 5) is 10.6. The normalized spacial score (nSPS) is 13.5. The van der Waals surface area contributed by atoms with Crippen LogP contribution in [0.5, 0.6) is 0 Å². The predicted molar refractivity (Wildman–Crippen MR) is 53.3 cm³/mol. The van der Waals surface area contributed by atoms with Crippen molar-refractivity contribution in [3.05, 3.63) is 34.9 Å². The summed E-state index contributed by atoms with van der Waals surface area (Å²) in [6.45, 7) is 0. The molecule has 2 nitrogen and oxygen atoms in total. The molecule has 0 atom stereocenters. The Morgan fingerprint density at radius 2 is 1.36 bits per heavy atom. The van der Waals surface area contributed by atoms with E-state index in [1.54, 1.807) is 0 Å². The predicted octanol–water partition coefficient (Wildman–Crippen LogP) is 4.61. The summed E-state index contributed by atoms with van der Waals surface area (Å²) in [6.07, 6.45) is -17.2. The molecule has 1 aromatic rings. The minimum atomic E-state index is -5.88. The molecule has 1 N–H and O–H groups in total. The van der Waals surface area contributed by atoms with Crippen LogP contribution in [0.15, 0.2) is 18.2 Å². The van der Waals surface area contributed by atoms with Crippen LogP contribution in [0.1, 0.15) is 27.4 Å². The molecule has 0 unspecified atom stereocenters. The number of carboxylic acid groups (broad SMARTS) is 1. The number of carboxylic acids is 1. The van der Waals surface area contributed by atoms with Crippen molar-refractivity contribution in [1.82, 2.24) is 0 Å². The molecule has 0 radical (unpaired) electrons.